The highest BCUT2D eigenvalue weighted by atomic mass is 15.5. The van der Waals surface area contributed by atoms with Crippen LogP contribution in [0.4, 0.5) is 11.5 Å². The van der Waals surface area contributed by atoms with Gasteiger partial charge in [-0.25, -0.2) is 9.97 Å². The highest BCUT2D eigenvalue weighted by Crippen LogP contribution is 2.39. The van der Waals surface area contributed by atoms with Crippen molar-refractivity contribution in [3.05, 3.63) is 12.5 Å². The van der Waals surface area contributed by atoms with Crippen LogP contribution < -0.4 is 15.2 Å². The van der Waals surface area contributed by atoms with E-state index in [0.29, 0.717) is 6.04 Å². The highest BCUT2D eigenvalue weighted by Gasteiger charge is 2.42. The lowest BCUT2D eigenvalue weighted by molar-refractivity contribution is 0.361. The number of anilines is 2. The number of nitrogens with zero attached hydrogens (tertiary/aromatic N) is 5. The first-order valence-corrected chi connectivity index (χ1v) is 6.09. The minimum atomic E-state index is 0.244. The molecule has 2 atom stereocenters. The summed E-state index contributed by atoms with van der Waals surface area (Å²) >= 11 is 0. The van der Waals surface area contributed by atoms with Gasteiger partial charge in [-0.2, -0.15) is 5.10 Å². The normalized spacial score (nSPS) is 29.4. The second-order valence-corrected chi connectivity index (χ2v) is 4.71. The third kappa shape index (κ3) is 1.18. The molecule has 0 aromatic carbocycles. The average molecular weight is 230 g/mol. The summed E-state index contributed by atoms with van der Waals surface area (Å²) in [6, 6.07) is 0.466. The molecule has 1 saturated heterocycles. The quantitative estimate of drug-likeness (QED) is 0.704. The van der Waals surface area contributed by atoms with Gasteiger partial charge >= 0.3 is 0 Å². The van der Waals surface area contributed by atoms with Gasteiger partial charge in [0.25, 0.3) is 0 Å². The monoisotopic (exact) mass is 230 g/mol. The molecule has 3 aliphatic rings. The van der Waals surface area contributed by atoms with E-state index in [1.165, 1.54) is 19.3 Å². The van der Waals surface area contributed by atoms with Crippen LogP contribution in [0, 0.1) is 0 Å². The zero-order valence-electron chi connectivity index (χ0n) is 9.45. The van der Waals surface area contributed by atoms with E-state index in [0.717, 1.165) is 18.1 Å². The van der Waals surface area contributed by atoms with Gasteiger partial charge in [-0.1, -0.05) is 0 Å². The first-order chi connectivity index (χ1) is 8.45. The molecule has 17 heavy (non-hydrogen) atoms. The van der Waals surface area contributed by atoms with Crippen LogP contribution in [-0.2, 0) is 0 Å². The third-order valence-electron chi connectivity index (χ3n) is 3.83. The fraction of sp³-hybridized carbons (Fsp3) is 0.545. The predicted octanol–water partition coefficient (Wildman–Crippen LogP) is 0.528. The van der Waals surface area contributed by atoms with Gasteiger partial charge in [-0.15, -0.1) is 0 Å². The Bertz CT molecular complexity index is 473. The van der Waals surface area contributed by atoms with E-state index in [4.69, 9.17) is 0 Å². The van der Waals surface area contributed by atoms with E-state index < -0.39 is 0 Å². The second kappa shape index (κ2) is 3.32. The second-order valence-electron chi connectivity index (χ2n) is 4.71. The lowest BCUT2D eigenvalue weighted by Crippen LogP contribution is -2.60. The van der Waals surface area contributed by atoms with Crippen LogP contribution >= 0.6 is 0 Å². The van der Waals surface area contributed by atoms with E-state index in [1.54, 1.807) is 6.33 Å². The number of hydrazone groups is 1. The van der Waals surface area contributed by atoms with Gasteiger partial charge in [0.2, 0.25) is 0 Å². The van der Waals surface area contributed by atoms with Crippen molar-refractivity contribution in [2.45, 2.75) is 31.5 Å². The summed E-state index contributed by atoms with van der Waals surface area (Å²) in [5.74, 6) is 1.05. The number of nitrogens with one attached hydrogen (secondary N) is 1. The van der Waals surface area contributed by atoms with E-state index in [2.05, 4.69) is 30.3 Å². The summed E-state index contributed by atoms with van der Waals surface area (Å²) < 4.78 is 0. The number of fused-ring (bicyclic) bond motifs is 6. The smallest absolute Gasteiger partial charge is 0.156 e. The molecular weight excluding hydrogens is 216 g/mol. The van der Waals surface area contributed by atoms with Gasteiger partial charge in [-0.05, 0) is 19.3 Å². The van der Waals surface area contributed by atoms with Crippen molar-refractivity contribution >= 4 is 17.8 Å². The van der Waals surface area contributed by atoms with Crippen molar-refractivity contribution in [3.63, 3.8) is 0 Å². The molecule has 0 amide bonds. The molecule has 0 aliphatic carbocycles. The number of aromatic nitrogens is 2. The maximum absolute atomic E-state index is 4.45. The Hall–Kier alpha value is -1.85. The summed E-state index contributed by atoms with van der Waals surface area (Å²) in [7, 11) is 0. The van der Waals surface area contributed by atoms with Gasteiger partial charge in [-0.3, -0.25) is 5.43 Å². The predicted molar refractivity (Wildman–Crippen MR) is 64.9 cm³/mol. The van der Waals surface area contributed by atoms with Crippen molar-refractivity contribution in [1.29, 1.82) is 0 Å². The molecule has 0 saturated carbocycles. The Labute approximate surface area is 99.3 Å². The zero-order chi connectivity index (χ0) is 11.2. The first kappa shape index (κ1) is 9.21. The van der Waals surface area contributed by atoms with Crippen LogP contribution in [0.5, 0.6) is 0 Å². The van der Waals surface area contributed by atoms with Gasteiger partial charge in [0.05, 0.1) is 12.2 Å². The van der Waals surface area contributed by atoms with Crippen molar-refractivity contribution in [3.8, 4) is 0 Å². The van der Waals surface area contributed by atoms with Gasteiger partial charge in [0, 0.05) is 6.54 Å². The number of rotatable bonds is 0. The summed E-state index contributed by atoms with van der Waals surface area (Å²) in [5, 5.41) is 4.19. The van der Waals surface area contributed by atoms with Crippen LogP contribution in [-0.4, -0.2) is 35.1 Å². The molecule has 0 spiro atoms. The Morgan fingerprint density at radius 2 is 2.35 bits per heavy atom. The first-order valence-electron chi connectivity index (χ1n) is 6.09. The molecular formula is C11H14N6. The van der Waals surface area contributed by atoms with Crippen LogP contribution in [0.25, 0.3) is 0 Å². The summed E-state index contributed by atoms with van der Waals surface area (Å²) in [6.07, 6.45) is 9.32. The lowest BCUT2D eigenvalue weighted by Gasteiger charge is -2.47. The molecule has 88 valence electrons. The van der Waals surface area contributed by atoms with E-state index in [-0.39, 0.29) is 6.17 Å². The average Bonchev–Trinajstić information content (AvgIpc) is 2.89. The molecule has 0 radical (unpaired) electrons. The maximum Gasteiger partial charge on any atom is 0.156 e. The molecule has 4 rings (SSSR count). The Kier molecular flexibility index (Phi) is 1.80. The minimum Gasteiger partial charge on any atom is -0.348 e. The third-order valence-corrected chi connectivity index (χ3v) is 3.83. The summed E-state index contributed by atoms with van der Waals surface area (Å²) in [5.41, 5.74) is 4.26. The number of hydrogen-bond donors (Lipinski definition) is 1. The van der Waals surface area contributed by atoms with E-state index >= 15 is 0 Å². The highest BCUT2D eigenvalue weighted by molar-refractivity contribution is 5.88. The van der Waals surface area contributed by atoms with Crippen LogP contribution in [0.2, 0.25) is 0 Å². The topological polar surface area (TPSA) is 56.7 Å². The molecule has 4 heterocycles. The molecule has 0 bridgehead atoms. The molecule has 6 heteroatoms. The molecule has 6 nitrogen and oxygen atoms in total. The van der Waals surface area contributed by atoms with Crippen LogP contribution in [0.3, 0.4) is 0 Å². The van der Waals surface area contributed by atoms with Crippen molar-refractivity contribution in [2.24, 2.45) is 5.10 Å². The fourth-order valence-corrected chi connectivity index (χ4v) is 3.06. The maximum atomic E-state index is 4.45. The standard InChI is InChI=1S/C11H14N6/c1-2-4-16-8(3-1)11-15-14-7-17(11)9-5-12-6-13-10(9)16/h5-8,11,15H,1-4H2. The number of piperidine rings is 1. The van der Waals surface area contributed by atoms with E-state index in [1.807, 2.05) is 12.5 Å². The Morgan fingerprint density at radius 1 is 1.35 bits per heavy atom. The molecule has 1 fully saturated rings. The Balaban J connectivity index is 1.86. The number of hydrogen-bond acceptors (Lipinski definition) is 6. The van der Waals surface area contributed by atoms with Gasteiger partial charge in [0.1, 0.15) is 24.5 Å². The van der Waals surface area contributed by atoms with E-state index in [9.17, 15) is 0 Å². The lowest BCUT2D eigenvalue weighted by atomic mass is 9.96. The minimum absolute atomic E-state index is 0.244. The zero-order valence-corrected chi connectivity index (χ0v) is 9.45. The fourth-order valence-electron chi connectivity index (χ4n) is 3.06. The van der Waals surface area contributed by atoms with Crippen LogP contribution in [0.15, 0.2) is 17.6 Å². The largest absolute Gasteiger partial charge is 0.348 e. The van der Waals surface area contributed by atoms with Crippen molar-refractivity contribution in [1.82, 2.24) is 15.4 Å². The van der Waals surface area contributed by atoms with Crippen molar-refractivity contribution in [2.75, 3.05) is 16.3 Å². The molecule has 1 N–H and O–H groups in total. The summed E-state index contributed by atoms with van der Waals surface area (Å²) in [6.45, 7) is 1.08. The van der Waals surface area contributed by atoms with Crippen LogP contribution in [0.1, 0.15) is 19.3 Å². The van der Waals surface area contributed by atoms with Gasteiger partial charge in [0.15, 0.2) is 5.82 Å². The molecule has 1 aromatic heterocycles. The molecule has 1 aromatic rings. The SMILES string of the molecule is C1=NNC2C3CCCCN3c3ncncc3N12. The molecule has 2 unspecified atom stereocenters. The Morgan fingerprint density at radius 3 is 3.35 bits per heavy atom. The molecule has 3 aliphatic heterocycles. The summed E-state index contributed by atoms with van der Waals surface area (Å²) in [4.78, 5) is 13.1. The van der Waals surface area contributed by atoms with Gasteiger partial charge < -0.3 is 9.80 Å². The van der Waals surface area contributed by atoms with Crippen molar-refractivity contribution < 1.29 is 0 Å².